The normalized spacial score (nSPS) is 13.0. The third-order valence-electron chi connectivity index (χ3n) is 2.41. The average Bonchev–Trinajstić information content (AvgIpc) is 2.36. The Morgan fingerprint density at radius 2 is 1.89 bits per heavy atom. The highest BCUT2D eigenvalue weighted by Crippen LogP contribution is 2.16. The van der Waals surface area contributed by atoms with E-state index in [2.05, 4.69) is 5.32 Å². The summed E-state index contributed by atoms with van der Waals surface area (Å²) in [7, 11) is -0.915. The molecular formula is C14H21NO2S2. The van der Waals surface area contributed by atoms with Crippen molar-refractivity contribution in [3.8, 4) is 0 Å². The van der Waals surface area contributed by atoms with Crippen molar-refractivity contribution in [3.63, 3.8) is 0 Å². The van der Waals surface area contributed by atoms with E-state index in [1.165, 1.54) is 11.8 Å². The molecule has 0 radical (unpaired) electrons. The van der Waals surface area contributed by atoms with Crippen molar-refractivity contribution in [3.05, 3.63) is 30.3 Å². The fourth-order valence-corrected chi connectivity index (χ4v) is 2.96. The summed E-state index contributed by atoms with van der Waals surface area (Å²) in [6, 6.07) is 9.81. The van der Waals surface area contributed by atoms with Crippen LogP contribution in [0.15, 0.2) is 35.2 Å². The monoisotopic (exact) mass is 299 g/mol. The topological polar surface area (TPSA) is 46.2 Å². The molecule has 1 amide bonds. The van der Waals surface area contributed by atoms with Crippen LogP contribution < -0.4 is 5.32 Å². The van der Waals surface area contributed by atoms with E-state index >= 15 is 0 Å². The lowest BCUT2D eigenvalue weighted by molar-refractivity contribution is -0.118. The first-order chi connectivity index (χ1) is 8.89. The van der Waals surface area contributed by atoms with E-state index in [-0.39, 0.29) is 10.7 Å². The quantitative estimate of drug-likeness (QED) is 0.821. The van der Waals surface area contributed by atoms with Crippen LogP contribution in [0.4, 0.5) is 0 Å². The number of thioether (sulfide) groups is 1. The number of rotatable bonds is 6. The molecule has 0 saturated carbocycles. The van der Waals surface area contributed by atoms with Crippen LogP contribution in [0.1, 0.15) is 20.8 Å². The predicted octanol–water partition coefficient (Wildman–Crippen LogP) is 2.44. The van der Waals surface area contributed by atoms with E-state index in [1.54, 1.807) is 0 Å². The first-order valence-corrected chi connectivity index (χ1v) is 8.53. The zero-order valence-electron chi connectivity index (χ0n) is 11.6. The van der Waals surface area contributed by atoms with E-state index in [0.717, 1.165) is 4.90 Å². The van der Waals surface area contributed by atoms with Crippen LogP contribution in [0.3, 0.4) is 0 Å². The Bertz CT molecular complexity index is 427. The summed E-state index contributed by atoms with van der Waals surface area (Å²) in [5, 5.41) is 2.80. The molecule has 1 aromatic carbocycles. The minimum atomic E-state index is -0.915. The van der Waals surface area contributed by atoms with Gasteiger partial charge >= 0.3 is 0 Å². The number of hydrogen-bond donors (Lipinski definition) is 1. The molecule has 3 nitrogen and oxygen atoms in total. The molecule has 1 N–H and O–H groups in total. The molecule has 19 heavy (non-hydrogen) atoms. The van der Waals surface area contributed by atoms with Gasteiger partial charge < -0.3 is 5.32 Å². The number of carbonyl (C=O) groups is 1. The summed E-state index contributed by atoms with van der Waals surface area (Å²) in [4.78, 5) is 12.7. The van der Waals surface area contributed by atoms with Gasteiger partial charge in [0, 0.05) is 32.7 Å². The van der Waals surface area contributed by atoms with Crippen LogP contribution in [-0.4, -0.2) is 32.9 Å². The number of amides is 1. The summed E-state index contributed by atoms with van der Waals surface area (Å²) in [6.45, 7) is 6.29. The minimum absolute atomic E-state index is 0.0141. The number of carbonyl (C=O) groups excluding carboxylic acids is 1. The molecule has 0 aromatic heterocycles. The second-order valence-electron chi connectivity index (χ2n) is 5.11. The predicted molar refractivity (Wildman–Crippen MR) is 82.9 cm³/mol. The largest absolute Gasteiger partial charge is 0.354 e. The van der Waals surface area contributed by atoms with Crippen molar-refractivity contribution in [1.29, 1.82) is 0 Å². The van der Waals surface area contributed by atoms with Gasteiger partial charge in [-0.05, 0) is 32.9 Å². The second kappa shape index (κ2) is 7.70. The molecular weight excluding hydrogens is 278 g/mol. The van der Waals surface area contributed by atoms with E-state index in [4.69, 9.17) is 0 Å². The molecule has 0 saturated heterocycles. The Balaban J connectivity index is 2.20. The molecule has 0 aliphatic heterocycles. The van der Waals surface area contributed by atoms with Gasteiger partial charge in [0.25, 0.3) is 0 Å². The van der Waals surface area contributed by atoms with Crippen molar-refractivity contribution in [2.24, 2.45) is 0 Å². The van der Waals surface area contributed by atoms with Crippen molar-refractivity contribution >= 4 is 28.5 Å². The maximum absolute atomic E-state index is 11.8. The molecule has 106 valence electrons. The van der Waals surface area contributed by atoms with Gasteiger partial charge in [-0.25, -0.2) is 0 Å². The van der Waals surface area contributed by atoms with E-state index in [1.807, 2.05) is 51.1 Å². The van der Waals surface area contributed by atoms with E-state index < -0.39 is 10.8 Å². The molecule has 0 spiro atoms. The van der Waals surface area contributed by atoms with Gasteiger partial charge in [0.2, 0.25) is 5.91 Å². The zero-order valence-corrected chi connectivity index (χ0v) is 13.3. The minimum Gasteiger partial charge on any atom is -0.354 e. The molecule has 5 heteroatoms. The average molecular weight is 299 g/mol. The lowest BCUT2D eigenvalue weighted by atomic mass is 10.3. The Labute approximate surface area is 122 Å². The Morgan fingerprint density at radius 3 is 2.47 bits per heavy atom. The van der Waals surface area contributed by atoms with Gasteiger partial charge in [0.15, 0.2) is 0 Å². The first-order valence-electron chi connectivity index (χ1n) is 6.22. The summed E-state index contributed by atoms with van der Waals surface area (Å²) in [5.41, 5.74) is 0. The Morgan fingerprint density at radius 1 is 1.26 bits per heavy atom. The first kappa shape index (κ1) is 16.2. The molecule has 0 fully saturated rings. The van der Waals surface area contributed by atoms with Gasteiger partial charge in [0.1, 0.15) is 0 Å². The van der Waals surface area contributed by atoms with Gasteiger partial charge in [0.05, 0.1) is 5.75 Å². The van der Waals surface area contributed by atoms with Crippen LogP contribution in [0, 0.1) is 0 Å². The maximum atomic E-state index is 11.8. The van der Waals surface area contributed by atoms with Gasteiger partial charge in [-0.2, -0.15) is 0 Å². The van der Waals surface area contributed by atoms with E-state index in [0.29, 0.717) is 18.1 Å². The summed E-state index contributed by atoms with van der Waals surface area (Å²) < 4.78 is 11.6. The molecule has 1 rings (SSSR count). The molecule has 0 aliphatic carbocycles. The molecule has 0 bridgehead atoms. The third-order valence-corrected chi connectivity index (χ3v) is 5.36. The second-order valence-corrected chi connectivity index (χ2v) is 8.49. The summed E-state index contributed by atoms with van der Waals surface area (Å²) in [5.74, 6) is 0.886. The standard InChI is InChI=1S/C14H21NO2S2/c1-14(2,3)19(17)10-9-15-13(16)11-18-12-7-5-4-6-8-12/h4-8H,9-11H2,1-3H3,(H,15,16)/t19-/m0/s1. The smallest absolute Gasteiger partial charge is 0.230 e. The number of nitrogens with one attached hydrogen (secondary N) is 1. The number of hydrogen-bond acceptors (Lipinski definition) is 3. The van der Waals surface area contributed by atoms with Crippen LogP contribution in [-0.2, 0) is 15.6 Å². The summed E-state index contributed by atoms with van der Waals surface area (Å²) in [6.07, 6.45) is 0. The van der Waals surface area contributed by atoms with E-state index in [9.17, 15) is 9.00 Å². The highest BCUT2D eigenvalue weighted by atomic mass is 32.2. The molecule has 0 unspecified atom stereocenters. The lowest BCUT2D eigenvalue weighted by Gasteiger charge is -2.17. The zero-order chi connectivity index (χ0) is 14.3. The highest BCUT2D eigenvalue weighted by molar-refractivity contribution is 8.00. The molecule has 1 atom stereocenters. The lowest BCUT2D eigenvalue weighted by Crippen LogP contribution is -2.33. The van der Waals surface area contributed by atoms with Crippen molar-refractivity contribution in [1.82, 2.24) is 5.32 Å². The van der Waals surface area contributed by atoms with Gasteiger partial charge in [-0.1, -0.05) is 18.2 Å². The SMILES string of the molecule is CC(C)(C)[S@@](=O)CCNC(=O)CSc1ccccc1. The van der Waals surface area contributed by atoms with Crippen molar-refractivity contribution in [2.45, 2.75) is 30.4 Å². The molecule has 0 aliphatic rings. The van der Waals surface area contributed by atoms with Crippen LogP contribution in [0.25, 0.3) is 0 Å². The van der Waals surface area contributed by atoms with Crippen LogP contribution in [0.5, 0.6) is 0 Å². The van der Waals surface area contributed by atoms with Crippen molar-refractivity contribution in [2.75, 3.05) is 18.1 Å². The van der Waals surface area contributed by atoms with Crippen LogP contribution in [0.2, 0.25) is 0 Å². The van der Waals surface area contributed by atoms with Crippen LogP contribution >= 0.6 is 11.8 Å². The van der Waals surface area contributed by atoms with Crippen molar-refractivity contribution < 1.29 is 9.00 Å². The molecule has 1 aromatic rings. The van der Waals surface area contributed by atoms with Gasteiger partial charge in [-0.3, -0.25) is 9.00 Å². The number of benzene rings is 1. The third kappa shape index (κ3) is 6.78. The maximum Gasteiger partial charge on any atom is 0.230 e. The highest BCUT2D eigenvalue weighted by Gasteiger charge is 2.18. The Hall–Kier alpha value is -0.810. The fourth-order valence-electron chi connectivity index (χ4n) is 1.31. The fraction of sp³-hybridized carbons (Fsp3) is 0.500. The Kier molecular flexibility index (Phi) is 6.58. The summed E-state index contributed by atoms with van der Waals surface area (Å²) >= 11 is 1.51. The molecule has 0 heterocycles. The van der Waals surface area contributed by atoms with Gasteiger partial charge in [-0.15, -0.1) is 11.8 Å².